The fourth-order valence-electron chi connectivity index (χ4n) is 1.89. The molecule has 1 rings (SSSR count). The van der Waals surface area contributed by atoms with Gasteiger partial charge in [0.25, 0.3) is 0 Å². The maximum atomic E-state index is 12.0. The highest BCUT2D eigenvalue weighted by Crippen LogP contribution is 2.29. The van der Waals surface area contributed by atoms with Gasteiger partial charge in [-0.1, -0.05) is 43.1 Å². The molecule has 0 saturated heterocycles. The van der Waals surface area contributed by atoms with Gasteiger partial charge in [0.2, 0.25) is 11.8 Å². The molecule has 0 bridgehead atoms. The average molecular weight is 345 g/mol. The number of anilines is 1. The molecule has 4 nitrogen and oxygen atoms in total. The lowest BCUT2D eigenvalue weighted by Crippen LogP contribution is -2.33. The quantitative estimate of drug-likeness (QED) is 0.804. The molecule has 0 heterocycles. The molecule has 0 unspecified atom stereocenters. The molecule has 0 spiro atoms. The number of benzene rings is 1. The summed E-state index contributed by atoms with van der Waals surface area (Å²) in [7, 11) is 0. The van der Waals surface area contributed by atoms with Gasteiger partial charge in [0.15, 0.2) is 0 Å². The van der Waals surface area contributed by atoms with E-state index in [9.17, 15) is 9.59 Å². The van der Waals surface area contributed by atoms with Crippen molar-refractivity contribution >= 4 is 40.7 Å². The summed E-state index contributed by atoms with van der Waals surface area (Å²) in [4.78, 5) is 25.3. The first-order valence-corrected chi connectivity index (χ1v) is 8.06. The van der Waals surface area contributed by atoms with Crippen molar-refractivity contribution < 1.29 is 9.59 Å². The van der Waals surface area contributed by atoms with Crippen molar-refractivity contribution in [1.29, 1.82) is 0 Å². The Bertz CT molecular complexity index is 533. The molecule has 0 saturated carbocycles. The van der Waals surface area contributed by atoms with Gasteiger partial charge in [-0.05, 0) is 24.5 Å². The van der Waals surface area contributed by atoms with Crippen LogP contribution in [0.3, 0.4) is 0 Å². The first kappa shape index (κ1) is 18.8. The zero-order valence-corrected chi connectivity index (χ0v) is 14.7. The summed E-state index contributed by atoms with van der Waals surface area (Å²) in [5, 5.41) is 3.43. The molecule has 6 heteroatoms. The fraction of sp³-hybridized carbons (Fsp3) is 0.500. The molecule has 0 radical (unpaired) electrons. The molecule has 0 atom stereocenters. The number of halogens is 2. The maximum Gasteiger partial charge on any atom is 0.226 e. The van der Waals surface area contributed by atoms with Crippen LogP contribution in [0.1, 0.15) is 33.6 Å². The van der Waals surface area contributed by atoms with Crippen molar-refractivity contribution in [2.75, 3.05) is 18.4 Å². The van der Waals surface area contributed by atoms with E-state index in [1.807, 2.05) is 0 Å². The Morgan fingerprint density at radius 3 is 2.50 bits per heavy atom. The van der Waals surface area contributed by atoms with Gasteiger partial charge in [-0.2, -0.15) is 0 Å². The molecule has 0 aromatic heterocycles. The zero-order valence-electron chi connectivity index (χ0n) is 13.2. The predicted molar refractivity (Wildman–Crippen MR) is 91.4 cm³/mol. The van der Waals surface area contributed by atoms with Crippen LogP contribution >= 0.6 is 23.2 Å². The van der Waals surface area contributed by atoms with E-state index in [0.717, 1.165) is 6.42 Å². The number of rotatable bonds is 7. The minimum absolute atomic E-state index is 0.0192. The molecule has 0 aliphatic heterocycles. The molecule has 22 heavy (non-hydrogen) atoms. The lowest BCUT2D eigenvalue weighted by molar-refractivity contribution is -0.129. The topological polar surface area (TPSA) is 49.4 Å². The van der Waals surface area contributed by atoms with Gasteiger partial charge in [-0.25, -0.2) is 0 Å². The number of nitrogens with one attached hydrogen (secondary N) is 1. The van der Waals surface area contributed by atoms with E-state index in [4.69, 9.17) is 23.2 Å². The van der Waals surface area contributed by atoms with Gasteiger partial charge in [0.1, 0.15) is 0 Å². The minimum Gasteiger partial charge on any atom is -0.342 e. The number of nitrogens with zero attached hydrogens (tertiary/aromatic N) is 1. The van der Waals surface area contributed by atoms with Gasteiger partial charge >= 0.3 is 0 Å². The smallest absolute Gasteiger partial charge is 0.226 e. The van der Waals surface area contributed by atoms with Gasteiger partial charge in [0.05, 0.1) is 15.7 Å². The van der Waals surface area contributed by atoms with E-state index in [2.05, 4.69) is 19.2 Å². The second-order valence-electron chi connectivity index (χ2n) is 5.59. The van der Waals surface area contributed by atoms with Gasteiger partial charge < -0.3 is 10.2 Å². The molecule has 0 aliphatic rings. The molecule has 122 valence electrons. The Morgan fingerprint density at radius 1 is 1.23 bits per heavy atom. The summed E-state index contributed by atoms with van der Waals surface area (Å²) in [5.41, 5.74) is 0.482. The normalized spacial score (nSPS) is 10.6. The third-order valence-corrected chi connectivity index (χ3v) is 4.08. The number of hydrogen-bond acceptors (Lipinski definition) is 2. The van der Waals surface area contributed by atoms with Crippen LogP contribution in [0.25, 0.3) is 0 Å². The molecule has 2 amide bonds. The van der Waals surface area contributed by atoms with E-state index in [1.54, 1.807) is 23.1 Å². The Kier molecular flexibility index (Phi) is 7.69. The molecule has 1 aromatic rings. The molecular formula is C16H22Cl2N2O2. The summed E-state index contributed by atoms with van der Waals surface area (Å²) in [6.45, 7) is 6.79. The van der Waals surface area contributed by atoms with Crippen molar-refractivity contribution in [3.05, 3.63) is 28.2 Å². The summed E-state index contributed by atoms with van der Waals surface area (Å²) in [5.74, 6) is 0.301. The summed E-state index contributed by atoms with van der Waals surface area (Å²) < 4.78 is 0. The first-order chi connectivity index (χ1) is 10.3. The summed E-state index contributed by atoms with van der Waals surface area (Å²) in [6.07, 6.45) is 1.14. The van der Waals surface area contributed by atoms with Gasteiger partial charge in [-0.3, -0.25) is 9.59 Å². The molecule has 1 N–H and O–H groups in total. The fourth-order valence-corrected chi connectivity index (χ4v) is 2.24. The van der Waals surface area contributed by atoms with Crippen LogP contribution in [0.2, 0.25) is 10.0 Å². The third kappa shape index (κ3) is 6.24. The van der Waals surface area contributed by atoms with Crippen molar-refractivity contribution in [3.8, 4) is 0 Å². The number of amides is 2. The Hall–Kier alpha value is -1.26. The largest absolute Gasteiger partial charge is 0.342 e. The lowest BCUT2D eigenvalue weighted by Gasteiger charge is -2.21. The third-order valence-electron chi connectivity index (χ3n) is 3.26. The van der Waals surface area contributed by atoms with E-state index < -0.39 is 0 Å². The molecule has 0 fully saturated rings. The highest BCUT2D eigenvalue weighted by atomic mass is 35.5. The molecule has 1 aromatic carbocycles. The van der Waals surface area contributed by atoms with E-state index >= 15 is 0 Å². The SMILES string of the molecule is CC(=O)N(CCC(=O)Nc1cccc(Cl)c1Cl)CCC(C)C. The maximum absolute atomic E-state index is 12.0. The van der Waals surface area contributed by atoms with Crippen LogP contribution in [0, 0.1) is 5.92 Å². The average Bonchev–Trinajstić information content (AvgIpc) is 2.43. The first-order valence-electron chi connectivity index (χ1n) is 7.30. The van der Waals surface area contributed by atoms with Gasteiger partial charge in [0, 0.05) is 26.4 Å². The van der Waals surface area contributed by atoms with Crippen LogP contribution in [-0.4, -0.2) is 29.8 Å². The number of carbonyl (C=O) groups excluding carboxylic acids is 2. The minimum atomic E-state index is -0.194. The predicted octanol–water partition coefficient (Wildman–Crippen LogP) is 4.22. The van der Waals surface area contributed by atoms with E-state index in [0.29, 0.717) is 34.7 Å². The van der Waals surface area contributed by atoms with Gasteiger partial charge in [-0.15, -0.1) is 0 Å². The monoisotopic (exact) mass is 344 g/mol. The van der Waals surface area contributed by atoms with E-state index in [-0.39, 0.29) is 18.2 Å². The van der Waals surface area contributed by atoms with Crippen LogP contribution in [-0.2, 0) is 9.59 Å². The lowest BCUT2D eigenvalue weighted by atomic mass is 10.1. The summed E-state index contributed by atoms with van der Waals surface area (Å²) >= 11 is 11.9. The number of carbonyl (C=O) groups is 2. The standard InChI is InChI=1S/C16H22Cl2N2O2/c1-11(2)7-9-20(12(3)21)10-8-15(22)19-14-6-4-5-13(17)16(14)18/h4-6,11H,7-10H2,1-3H3,(H,19,22). The Balaban J connectivity index is 2.53. The molecule has 0 aliphatic carbocycles. The second kappa shape index (κ2) is 9.01. The van der Waals surface area contributed by atoms with Crippen molar-refractivity contribution in [2.45, 2.75) is 33.6 Å². The second-order valence-corrected chi connectivity index (χ2v) is 6.37. The van der Waals surface area contributed by atoms with Crippen LogP contribution in [0.4, 0.5) is 5.69 Å². The van der Waals surface area contributed by atoms with Crippen LogP contribution < -0.4 is 5.32 Å². The van der Waals surface area contributed by atoms with Crippen LogP contribution in [0.5, 0.6) is 0 Å². The van der Waals surface area contributed by atoms with E-state index in [1.165, 1.54) is 6.92 Å². The van der Waals surface area contributed by atoms with Crippen molar-refractivity contribution in [3.63, 3.8) is 0 Å². The highest BCUT2D eigenvalue weighted by molar-refractivity contribution is 6.43. The summed E-state index contributed by atoms with van der Waals surface area (Å²) in [6, 6.07) is 5.06. The van der Waals surface area contributed by atoms with Crippen LogP contribution in [0.15, 0.2) is 18.2 Å². The zero-order chi connectivity index (χ0) is 16.7. The molecular weight excluding hydrogens is 323 g/mol. The Morgan fingerprint density at radius 2 is 1.91 bits per heavy atom. The van der Waals surface area contributed by atoms with Crippen molar-refractivity contribution in [2.24, 2.45) is 5.92 Å². The highest BCUT2D eigenvalue weighted by Gasteiger charge is 2.13. The van der Waals surface area contributed by atoms with Crippen molar-refractivity contribution in [1.82, 2.24) is 4.90 Å². The Labute approximate surface area is 141 Å². The number of hydrogen-bond donors (Lipinski definition) is 1.